The third-order valence-electron chi connectivity index (χ3n) is 3.40. The summed E-state index contributed by atoms with van der Waals surface area (Å²) in [5.41, 5.74) is 0.981. The van der Waals surface area contributed by atoms with Gasteiger partial charge in [-0.3, -0.25) is 4.79 Å². The van der Waals surface area contributed by atoms with Gasteiger partial charge in [0.2, 0.25) is 0 Å². The van der Waals surface area contributed by atoms with Crippen LogP contribution in [0.15, 0.2) is 29.2 Å². The first-order chi connectivity index (χ1) is 9.29. The minimum absolute atomic E-state index is 0. The summed E-state index contributed by atoms with van der Waals surface area (Å²) < 4.78 is 27.2. The van der Waals surface area contributed by atoms with E-state index in [-0.39, 0.29) is 52.3 Å². The number of rotatable bonds is 6. The van der Waals surface area contributed by atoms with Crippen molar-refractivity contribution in [3.8, 4) is 0 Å². The normalized spacial score (nSPS) is 13.9. The van der Waals surface area contributed by atoms with Crippen LogP contribution in [-0.2, 0) is 30.1 Å². The summed E-state index contributed by atoms with van der Waals surface area (Å²) >= 11 is 4.41. The summed E-state index contributed by atoms with van der Waals surface area (Å²) in [5, 5.41) is 0. The number of benzene rings is 1. The van der Waals surface area contributed by atoms with Crippen LogP contribution in [0.25, 0.3) is 0 Å². The summed E-state index contributed by atoms with van der Waals surface area (Å²) in [4.78, 5) is 11.7. The summed E-state index contributed by atoms with van der Waals surface area (Å²) in [6.07, 6.45) is 1.39. The first-order valence-electron chi connectivity index (χ1n) is 6.43. The molecule has 0 saturated heterocycles. The zero-order chi connectivity index (χ0) is 15.3. The predicted molar refractivity (Wildman–Crippen MR) is 79.8 cm³/mol. The van der Waals surface area contributed by atoms with Crippen molar-refractivity contribution < 1.29 is 47.5 Å². The topological polar surface area (TPSA) is 60.4 Å². The van der Waals surface area contributed by atoms with Crippen LogP contribution >= 0.6 is 0 Å². The molecule has 7 heteroatoms. The molecule has 0 bridgehead atoms. The monoisotopic (exact) mass is 338 g/mol. The molecule has 0 radical (unpaired) electrons. The van der Waals surface area contributed by atoms with Crippen LogP contribution < -0.4 is 29.6 Å². The molecule has 1 rings (SSSR count). The van der Waals surface area contributed by atoms with E-state index in [1.54, 1.807) is 12.1 Å². The van der Waals surface area contributed by atoms with Gasteiger partial charge in [-0.1, -0.05) is 26.0 Å². The molecule has 2 atom stereocenters. The van der Waals surface area contributed by atoms with E-state index in [0.717, 1.165) is 12.0 Å². The van der Waals surface area contributed by atoms with Crippen molar-refractivity contribution >= 4 is 26.5 Å². The third-order valence-corrected chi connectivity index (χ3v) is 4.83. The van der Waals surface area contributed by atoms with E-state index >= 15 is 0 Å². The van der Waals surface area contributed by atoms with Crippen LogP contribution in [0.2, 0.25) is 0 Å². The van der Waals surface area contributed by atoms with Gasteiger partial charge in [0.25, 0.3) is 0 Å². The molecule has 0 fully saturated rings. The Morgan fingerprint density at radius 1 is 1.29 bits per heavy atom. The summed E-state index contributed by atoms with van der Waals surface area (Å²) in [6.45, 7) is 3.95. The van der Waals surface area contributed by atoms with E-state index in [2.05, 4.69) is 11.7 Å². The Kier molecular flexibility index (Phi) is 9.20. The van der Waals surface area contributed by atoms with Gasteiger partial charge in [-0.15, -0.1) is 0 Å². The molecule has 0 aliphatic heterocycles. The summed E-state index contributed by atoms with van der Waals surface area (Å²) in [5.74, 6) is -0.206. The van der Waals surface area contributed by atoms with Gasteiger partial charge in [-0.25, -0.2) is 8.42 Å². The van der Waals surface area contributed by atoms with Crippen molar-refractivity contribution in [1.29, 1.82) is 0 Å². The first-order valence-corrected chi connectivity index (χ1v) is 8.84. The third kappa shape index (κ3) is 6.32. The van der Waals surface area contributed by atoms with Crippen molar-refractivity contribution in [2.45, 2.75) is 37.5 Å². The molecule has 0 amide bonds. The Morgan fingerprint density at radius 3 is 2.19 bits per heavy atom. The van der Waals surface area contributed by atoms with Gasteiger partial charge in [0.15, 0.2) is 0 Å². The molecular weight excluding hydrogens is 319 g/mol. The van der Waals surface area contributed by atoms with Crippen LogP contribution in [0.1, 0.15) is 38.2 Å². The molecule has 1 aromatic rings. The van der Waals surface area contributed by atoms with Crippen molar-refractivity contribution in [2.24, 2.45) is 5.92 Å². The Balaban J connectivity index is 0.00000400. The first kappa shape index (κ1) is 21.0. The molecule has 1 aromatic carbocycles. The minimum atomic E-state index is -3.58. The van der Waals surface area contributed by atoms with Gasteiger partial charge in [0.05, 0.1) is 21.9 Å². The summed E-state index contributed by atoms with van der Waals surface area (Å²) in [7, 11) is -2.19. The molecule has 4 nitrogen and oxygen atoms in total. The number of ether oxygens (including phenoxy) is 1. The van der Waals surface area contributed by atoms with E-state index in [0.29, 0.717) is 6.42 Å². The van der Waals surface area contributed by atoms with Gasteiger partial charge in [-0.05, 0) is 36.5 Å². The number of carbonyl (C=O) groups excluding carboxylic acids is 1. The average Bonchev–Trinajstić information content (AvgIpc) is 2.42. The van der Waals surface area contributed by atoms with E-state index in [1.165, 1.54) is 19.2 Å². The molecule has 0 heterocycles. The van der Waals surface area contributed by atoms with Gasteiger partial charge in [0, 0.05) is 4.90 Å². The van der Waals surface area contributed by atoms with Gasteiger partial charge >= 0.3 is 35.5 Å². The molecule has 0 aliphatic carbocycles. The molecular formula is C14H19NaO4S2. The SMILES string of the molecule is CCC(CC(C)c1ccc(S(=O)(=O)[S-])cc1)C(=O)OC.[Na+]. The van der Waals surface area contributed by atoms with Crippen molar-refractivity contribution in [2.75, 3.05) is 7.11 Å². The predicted octanol–water partition coefficient (Wildman–Crippen LogP) is -0.381. The molecule has 0 saturated carbocycles. The average molecular weight is 338 g/mol. The number of hydrogen-bond acceptors (Lipinski definition) is 5. The number of methoxy groups -OCH3 is 1. The maximum absolute atomic E-state index is 11.6. The van der Waals surface area contributed by atoms with Gasteiger partial charge < -0.3 is 16.4 Å². The van der Waals surface area contributed by atoms with Crippen molar-refractivity contribution in [1.82, 2.24) is 0 Å². The largest absolute Gasteiger partial charge is 1.00 e. The standard InChI is InChI=1S/C14H20O4S2.Na/c1-4-11(14(15)18-3)9-10(2)12-5-7-13(8-6-12)20(16,17)19;/h5-8,10-11H,4,9H2,1-3H3,(H,16,17,19);/q;+1/p-1. The molecule has 0 N–H and O–H groups in total. The van der Waals surface area contributed by atoms with E-state index in [1.807, 2.05) is 13.8 Å². The Bertz CT molecular complexity index is 555. The minimum Gasteiger partial charge on any atom is -0.644 e. The molecule has 0 aromatic heterocycles. The van der Waals surface area contributed by atoms with Crippen LogP contribution in [0.3, 0.4) is 0 Å². The fraction of sp³-hybridized carbons (Fsp3) is 0.500. The second-order valence-corrected chi connectivity index (χ2v) is 7.48. The molecule has 0 aliphatic rings. The van der Waals surface area contributed by atoms with Gasteiger partial charge in [0.1, 0.15) is 0 Å². The van der Waals surface area contributed by atoms with Crippen LogP contribution in [0.5, 0.6) is 0 Å². The Morgan fingerprint density at radius 2 is 1.81 bits per heavy atom. The second kappa shape index (κ2) is 9.20. The van der Waals surface area contributed by atoms with E-state index in [4.69, 9.17) is 4.74 Å². The zero-order valence-corrected chi connectivity index (χ0v) is 16.5. The maximum Gasteiger partial charge on any atom is 1.00 e. The van der Waals surface area contributed by atoms with Crippen molar-refractivity contribution in [3.63, 3.8) is 0 Å². The van der Waals surface area contributed by atoms with Crippen molar-refractivity contribution in [3.05, 3.63) is 29.8 Å². The quantitative estimate of drug-likeness (QED) is 0.306. The molecule has 21 heavy (non-hydrogen) atoms. The van der Waals surface area contributed by atoms with Crippen LogP contribution in [0, 0.1) is 5.92 Å². The maximum atomic E-state index is 11.6. The number of hydrogen-bond donors (Lipinski definition) is 0. The van der Waals surface area contributed by atoms with Crippen LogP contribution in [-0.4, -0.2) is 21.5 Å². The smallest absolute Gasteiger partial charge is 0.644 e. The van der Waals surface area contributed by atoms with Gasteiger partial charge in [-0.2, -0.15) is 0 Å². The number of esters is 1. The summed E-state index contributed by atoms with van der Waals surface area (Å²) in [6, 6.07) is 6.50. The number of carbonyl (C=O) groups is 1. The van der Waals surface area contributed by atoms with E-state index in [9.17, 15) is 13.2 Å². The second-order valence-electron chi connectivity index (χ2n) is 4.79. The van der Waals surface area contributed by atoms with Crippen LogP contribution in [0.4, 0.5) is 0 Å². The fourth-order valence-corrected chi connectivity index (χ4v) is 2.92. The zero-order valence-electron chi connectivity index (χ0n) is 12.8. The van der Waals surface area contributed by atoms with E-state index < -0.39 is 8.87 Å². The fourth-order valence-electron chi connectivity index (χ4n) is 2.12. The molecule has 2 unspecified atom stereocenters. The Labute approximate surface area is 153 Å². The Hall–Kier alpha value is -0.0100. The molecule has 112 valence electrons. The molecule has 0 spiro atoms.